The molecule has 1 atom stereocenters. The third kappa shape index (κ3) is 5.51. The van der Waals surface area contributed by atoms with E-state index in [9.17, 15) is 8.42 Å². The molecule has 7 heteroatoms. The van der Waals surface area contributed by atoms with Crippen molar-refractivity contribution in [3.05, 3.63) is 0 Å². The molecular weight excluding hydrogens is 282 g/mol. The normalized spacial score (nSPS) is 22.9. The monoisotopic (exact) mass is 309 g/mol. The Morgan fingerprint density at radius 2 is 1.89 bits per heavy atom. The van der Waals surface area contributed by atoms with Crippen molar-refractivity contribution < 1.29 is 17.0 Å². The second kappa shape index (κ2) is 5.81. The van der Waals surface area contributed by atoms with E-state index in [0.717, 1.165) is 25.8 Å². The Labute approximate surface area is 118 Å². The Kier molecular flexibility index (Phi) is 5.23. The third-order valence-electron chi connectivity index (χ3n) is 3.95. The second-order valence-corrected chi connectivity index (χ2v) is 13.2. The maximum atomic E-state index is 11.0. The van der Waals surface area contributed by atoms with Crippen molar-refractivity contribution in [2.75, 3.05) is 26.1 Å². The summed E-state index contributed by atoms with van der Waals surface area (Å²) < 4.78 is 33.0. The van der Waals surface area contributed by atoms with Crippen LogP contribution in [-0.2, 0) is 18.7 Å². The van der Waals surface area contributed by atoms with E-state index in [1.807, 2.05) is 4.90 Å². The van der Waals surface area contributed by atoms with Gasteiger partial charge in [-0.2, -0.15) is 8.42 Å². The van der Waals surface area contributed by atoms with Crippen LogP contribution in [0.5, 0.6) is 0 Å². The van der Waals surface area contributed by atoms with E-state index in [-0.39, 0.29) is 17.9 Å². The zero-order chi connectivity index (χ0) is 14.9. The molecular formula is C12H27NO4SSi. The van der Waals surface area contributed by atoms with Gasteiger partial charge in [-0.15, -0.1) is 0 Å². The van der Waals surface area contributed by atoms with Crippen molar-refractivity contribution in [3.8, 4) is 0 Å². The van der Waals surface area contributed by atoms with Crippen molar-refractivity contribution in [2.45, 2.75) is 51.4 Å². The average molecular weight is 310 g/mol. The molecule has 0 amide bonds. The molecule has 1 aliphatic rings. The molecule has 1 aliphatic heterocycles. The Morgan fingerprint density at radius 3 is 2.37 bits per heavy atom. The maximum Gasteiger partial charge on any atom is 0.265 e. The highest BCUT2D eigenvalue weighted by Crippen LogP contribution is 2.38. The molecule has 0 spiro atoms. The summed E-state index contributed by atoms with van der Waals surface area (Å²) >= 11 is 0. The third-order valence-corrected chi connectivity index (χ3v) is 9.01. The average Bonchev–Trinajstić information content (AvgIpc) is 2.59. The number of nitrogens with zero attached hydrogens (tertiary/aromatic N) is 1. The number of hydrogen-bond donors (Lipinski definition) is 0. The first kappa shape index (κ1) is 17.1. The molecule has 1 fully saturated rings. The summed E-state index contributed by atoms with van der Waals surface area (Å²) in [5, 5.41) is 0.198. The molecule has 1 saturated heterocycles. The van der Waals surface area contributed by atoms with Crippen molar-refractivity contribution in [1.82, 2.24) is 4.90 Å². The zero-order valence-electron chi connectivity index (χ0n) is 12.9. The van der Waals surface area contributed by atoms with Crippen LogP contribution in [0.3, 0.4) is 0 Å². The highest BCUT2D eigenvalue weighted by atomic mass is 32.2. The quantitative estimate of drug-likeness (QED) is 0.574. The van der Waals surface area contributed by atoms with E-state index in [4.69, 9.17) is 8.61 Å². The predicted molar refractivity (Wildman–Crippen MR) is 79.1 cm³/mol. The second-order valence-electron chi connectivity index (χ2n) is 6.82. The van der Waals surface area contributed by atoms with Crippen LogP contribution in [0.2, 0.25) is 18.1 Å². The molecule has 5 nitrogen and oxygen atoms in total. The summed E-state index contributed by atoms with van der Waals surface area (Å²) in [5.74, 6) is 0. The molecule has 0 aromatic rings. The number of rotatable bonds is 5. The molecule has 0 aromatic carbocycles. The van der Waals surface area contributed by atoms with Crippen LogP contribution in [0.25, 0.3) is 0 Å². The summed E-state index contributed by atoms with van der Waals surface area (Å²) in [6, 6.07) is 0. The van der Waals surface area contributed by atoms with Gasteiger partial charge >= 0.3 is 0 Å². The van der Waals surface area contributed by atoms with Crippen LogP contribution in [0, 0.1) is 0 Å². The lowest BCUT2D eigenvalue weighted by molar-refractivity contribution is 0.130. The molecule has 0 N–H and O–H groups in total. The van der Waals surface area contributed by atoms with Gasteiger partial charge in [-0.1, -0.05) is 20.8 Å². The Bertz CT molecular complexity index is 402. The minimum atomic E-state index is -3.36. The van der Waals surface area contributed by atoms with Crippen LogP contribution < -0.4 is 0 Å². The molecule has 0 aromatic heterocycles. The minimum Gasteiger partial charge on any atom is -0.413 e. The summed E-state index contributed by atoms with van der Waals surface area (Å²) in [5.41, 5.74) is 0. The smallest absolute Gasteiger partial charge is 0.265 e. The van der Waals surface area contributed by atoms with Crippen molar-refractivity contribution in [3.63, 3.8) is 0 Å². The van der Waals surface area contributed by atoms with Crippen LogP contribution in [0.4, 0.5) is 0 Å². The van der Waals surface area contributed by atoms with Gasteiger partial charge in [-0.25, -0.2) is 0 Å². The molecule has 0 aliphatic carbocycles. The molecule has 1 unspecified atom stereocenters. The van der Waals surface area contributed by atoms with Crippen LogP contribution >= 0.6 is 0 Å². The van der Waals surface area contributed by atoms with Gasteiger partial charge < -0.3 is 4.43 Å². The van der Waals surface area contributed by atoms with Crippen LogP contribution in [0.15, 0.2) is 0 Å². The first-order chi connectivity index (χ1) is 8.41. The molecule has 1 heterocycles. The van der Waals surface area contributed by atoms with E-state index in [1.54, 1.807) is 0 Å². The van der Waals surface area contributed by atoms with Crippen molar-refractivity contribution in [1.29, 1.82) is 0 Å². The largest absolute Gasteiger partial charge is 0.413 e. The van der Waals surface area contributed by atoms with E-state index in [2.05, 4.69) is 33.9 Å². The first-order valence-electron chi connectivity index (χ1n) is 6.65. The fraction of sp³-hybridized carbons (Fsp3) is 1.00. The van der Waals surface area contributed by atoms with Crippen molar-refractivity contribution >= 4 is 18.4 Å². The van der Waals surface area contributed by atoms with Gasteiger partial charge in [-0.05, 0) is 24.6 Å². The van der Waals surface area contributed by atoms with Gasteiger partial charge in [0.05, 0.1) is 12.4 Å². The van der Waals surface area contributed by atoms with E-state index in [0.29, 0.717) is 0 Å². The fourth-order valence-electron chi connectivity index (χ4n) is 1.77. The van der Waals surface area contributed by atoms with Gasteiger partial charge in [0, 0.05) is 13.1 Å². The van der Waals surface area contributed by atoms with Gasteiger partial charge in [-0.3, -0.25) is 9.08 Å². The molecule has 0 bridgehead atoms. The topological polar surface area (TPSA) is 55.8 Å². The SMILES string of the molecule is CC(C)(C)[Si](C)(C)OC1CCN(COS(C)(=O)=O)C1. The van der Waals surface area contributed by atoms with E-state index < -0.39 is 18.4 Å². The fourth-order valence-corrected chi connectivity index (χ4v) is 3.49. The Hall–Kier alpha value is 0.0469. The van der Waals surface area contributed by atoms with Gasteiger partial charge in [0.25, 0.3) is 10.1 Å². The molecule has 114 valence electrons. The zero-order valence-corrected chi connectivity index (χ0v) is 14.7. The minimum absolute atomic E-state index is 0.135. The molecule has 1 rings (SSSR count). The molecule has 19 heavy (non-hydrogen) atoms. The Morgan fingerprint density at radius 1 is 1.32 bits per heavy atom. The summed E-state index contributed by atoms with van der Waals surface area (Å²) in [6.45, 7) is 12.9. The maximum absolute atomic E-state index is 11.0. The van der Waals surface area contributed by atoms with E-state index in [1.165, 1.54) is 0 Å². The summed E-state index contributed by atoms with van der Waals surface area (Å²) in [7, 11) is -5.11. The lowest BCUT2D eigenvalue weighted by atomic mass is 10.2. The number of hydrogen-bond acceptors (Lipinski definition) is 5. The van der Waals surface area contributed by atoms with Crippen molar-refractivity contribution in [2.24, 2.45) is 0 Å². The van der Waals surface area contributed by atoms with E-state index >= 15 is 0 Å². The highest BCUT2D eigenvalue weighted by molar-refractivity contribution is 7.85. The first-order valence-corrected chi connectivity index (χ1v) is 11.4. The Balaban J connectivity index is 2.45. The van der Waals surface area contributed by atoms with Crippen LogP contribution in [0.1, 0.15) is 27.2 Å². The molecule has 0 radical (unpaired) electrons. The predicted octanol–water partition coefficient (Wildman–Crippen LogP) is 2.02. The lowest BCUT2D eigenvalue weighted by Crippen LogP contribution is -2.44. The van der Waals surface area contributed by atoms with Gasteiger partial charge in [0.2, 0.25) is 0 Å². The van der Waals surface area contributed by atoms with Gasteiger partial charge in [0.1, 0.15) is 6.73 Å². The summed E-state index contributed by atoms with van der Waals surface area (Å²) in [4.78, 5) is 1.98. The number of likely N-dealkylation sites (tertiary alicyclic amines) is 1. The van der Waals surface area contributed by atoms with Gasteiger partial charge in [0.15, 0.2) is 8.32 Å². The highest BCUT2D eigenvalue weighted by Gasteiger charge is 2.40. The molecule has 0 saturated carbocycles. The lowest BCUT2D eigenvalue weighted by Gasteiger charge is -2.38. The standard InChI is InChI=1S/C12H27NO4SSi/c1-12(2,3)19(5,6)17-11-7-8-13(9-11)10-16-18(4,14)15/h11H,7-10H2,1-6H3. The van der Waals surface area contributed by atoms with Crippen LogP contribution in [-0.4, -0.2) is 53.8 Å². The summed E-state index contributed by atoms with van der Waals surface area (Å²) in [6.07, 6.45) is 2.22.